The summed E-state index contributed by atoms with van der Waals surface area (Å²) in [7, 11) is 0. The molecule has 6 heteroatoms. The van der Waals surface area contributed by atoms with Gasteiger partial charge in [0.2, 0.25) is 0 Å². The normalized spacial score (nSPS) is 7.70. The van der Waals surface area contributed by atoms with E-state index in [1.54, 1.807) is 0 Å². The van der Waals surface area contributed by atoms with Gasteiger partial charge in [-0.05, 0) is 0 Å². The molecule has 0 atom stereocenters. The number of carboxylic acid groups (broad SMARTS) is 1. The summed E-state index contributed by atoms with van der Waals surface area (Å²) in [6.07, 6.45) is 0. The Morgan fingerprint density at radius 3 is 2.40 bits per heavy atom. The van der Waals surface area contributed by atoms with Crippen LogP contribution >= 0.6 is 12.6 Å². The van der Waals surface area contributed by atoms with E-state index in [1.807, 2.05) is 0 Å². The fraction of sp³-hybridized carbons (Fsp3) is 0.750. The van der Waals surface area contributed by atoms with Crippen LogP contribution in [-0.2, 0) is 27.2 Å². The molecule has 0 aliphatic carbocycles. The van der Waals surface area contributed by atoms with E-state index in [1.165, 1.54) is 0 Å². The van der Waals surface area contributed by atoms with Crippen LogP contribution < -0.4 is 5.32 Å². The molecule has 0 amide bonds. The monoisotopic (exact) mass is 250 g/mol. The summed E-state index contributed by atoms with van der Waals surface area (Å²) in [6, 6.07) is 0. The van der Waals surface area contributed by atoms with Gasteiger partial charge >= 0.3 is 28.3 Å². The van der Waals surface area contributed by atoms with Crippen molar-refractivity contribution in [3.63, 3.8) is 0 Å². The van der Waals surface area contributed by atoms with E-state index in [-0.39, 0.29) is 6.54 Å². The molecule has 0 heterocycles. The summed E-state index contributed by atoms with van der Waals surface area (Å²) in [4.78, 5) is 9.79. The Labute approximate surface area is 75.2 Å². The number of carboxylic acids is 1. The first-order valence-electron chi connectivity index (χ1n) is 2.46. The van der Waals surface area contributed by atoms with E-state index < -0.39 is 5.97 Å². The first kappa shape index (κ1) is 12.9. The van der Waals surface area contributed by atoms with Crippen molar-refractivity contribution in [1.29, 1.82) is 0 Å². The predicted octanol–water partition coefficient (Wildman–Crippen LogP) is -0.531. The van der Waals surface area contributed by atoms with Gasteiger partial charge in [-0.3, -0.25) is 4.79 Å². The third-order valence-corrected chi connectivity index (χ3v) is 0.788. The van der Waals surface area contributed by atoms with Crippen LogP contribution in [0.15, 0.2) is 0 Å². The Kier molecular flexibility index (Phi) is 15.4. The minimum atomic E-state index is -0.827. The fourth-order valence-electron chi connectivity index (χ4n) is 0.274. The molecule has 0 saturated heterocycles. The van der Waals surface area contributed by atoms with Crippen molar-refractivity contribution < 1.29 is 32.3 Å². The third kappa shape index (κ3) is 15.7. The van der Waals surface area contributed by atoms with Crippen molar-refractivity contribution in [2.24, 2.45) is 0 Å². The van der Waals surface area contributed by atoms with Gasteiger partial charge in [0.1, 0.15) is 0 Å². The molecule has 0 rings (SSSR count). The Bertz CT molecular complexity index is 92.6. The minimum absolute atomic E-state index is 0.0283. The molecule has 0 aromatic heterocycles. The quantitative estimate of drug-likeness (QED) is 0.463. The van der Waals surface area contributed by atoms with E-state index in [9.17, 15) is 4.79 Å². The molecule has 0 bridgehead atoms. The number of hydrogen-bond donors (Lipinski definition) is 3. The molecule has 0 unspecified atom stereocenters. The van der Waals surface area contributed by atoms with Crippen LogP contribution in [0, 0.1) is 0 Å². The molecule has 2 N–H and O–H groups in total. The zero-order chi connectivity index (χ0) is 8.41. The summed E-state index contributed by atoms with van der Waals surface area (Å²) in [5, 5.41) is 10.7. The van der Waals surface area contributed by atoms with Gasteiger partial charge in [-0.25, -0.2) is 0 Å². The second-order valence-corrected chi connectivity index (χ2v) is 1.74. The van der Waals surface area contributed by atoms with Crippen LogP contribution in [0.4, 0.5) is 0 Å². The first-order chi connectivity index (χ1) is 4.77. The molecule has 4 nitrogen and oxygen atoms in total. The molecular formula is C4H9NO3STc. The number of aliphatic carboxylic acids is 1. The van der Waals surface area contributed by atoms with Crippen molar-refractivity contribution in [2.45, 2.75) is 0 Å². The summed E-state index contributed by atoms with van der Waals surface area (Å²) in [6.45, 7) is 0.677. The van der Waals surface area contributed by atoms with Gasteiger partial charge in [0.25, 0.3) is 0 Å². The van der Waals surface area contributed by atoms with Crippen molar-refractivity contribution >= 4 is 18.6 Å². The SMILES string of the molecule is O=C(O)CNCCS.[O]=[99Tc]. The molecule has 61 valence electrons. The average Bonchev–Trinajstić information content (AvgIpc) is 1.92. The third-order valence-electron chi connectivity index (χ3n) is 0.565. The maximum atomic E-state index is 9.79. The Morgan fingerprint density at radius 1 is 1.60 bits per heavy atom. The van der Waals surface area contributed by atoms with Crippen LogP contribution in [0.3, 0.4) is 0 Å². The van der Waals surface area contributed by atoms with Crippen LogP contribution in [0.5, 0.6) is 0 Å². The number of thiol groups is 1. The Balaban J connectivity index is 0. The summed E-state index contributed by atoms with van der Waals surface area (Å²) in [5.41, 5.74) is 0. The molecule has 0 spiro atoms. The van der Waals surface area contributed by atoms with Crippen LogP contribution in [0.1, 0.15) is 0 Å². The van der Waals surface area contributed by atoms with E-state index in [4.69, 9.17) is 8.61 Å². The Hall–Kier alpha value is 0.229. The maximum absolute atomic E-state index is 9.79. The summed E-state index contributed by atoms with van der Waals surface area (Å²) in [5.74, 6) is -0.153. The Morgan fingerprint density at radius 2 is 2.10 bits per heavy atom. The molecule has 0 radical (unpaired) electrons. The predicted molar refractivity (Wildman–Crippen MR) is 35.0 cm³/mol. The summed E-state index contributed by atoms with van der Waals surface area (Å²) < 4.78 is 8.22. The number of hydrogen-bond acceptors (Lipinski definition) is 4. The van der Waals surface area contributed by atoms with Gasteiger partial charge in [0.05, 0.1) is 6.54 Å². The van der Waals surface area contributed by atoms with Crippen molar-refractivity contribution in [3.8, 4) is 0 Å². The topological polar surface area (TPSA) is 66.4 Å². The van der Waals surface area contributed by atoms with Crippen molar-refractivity contribution in [1.82, 2.24) is 5.32 Å². The molecule has 0 aromatic carbocycles. The summed E-state index contributed by atoms with van der Waals surface area (Å²) >= 11 is 4.77. The van der Waals surface area contributed by atoms with Gasteiger partial charge < -0.3 is 10.4 Å². The van der Waals surface area contributed by atoms with E-state index in [0.29, 0.717) is 12.3 Å². The fourth-order valence-corrected chi connectivity index (χ4v) is 0.432. The zero-order valence-corrected chi connectivity index (χ0v) is 7.96. The number of rotatable bonds is 4. The molecule has 0 aliphatic rings. The molecule has 10 heavy (non-hydrogen) atoms. The van der Waals surface area contributed by atoms with Gasteiger partial charge in [0, 0.05) is 12.3 Å². The molecule has 0 aromatic rings. The van der Waals surface area contributed by atoms with Crippen LogP contribution in [0.25, 0.3) is 0 Å². The van der Waals surface area contributed by atoms with E-state index in [2.05, 4.69) is 17.9 Å². The molecule has 0 fully saturated rings. The first-order valence-corrected chi connectivity index (χ1v) is 3.85. The number of carbonyl (C=O) groups is 1. The zero-order valence-electron chi connectivity index (χ0n) is 5.21. The number of nitrogens with one attached hydrogen (secondary N) is 1. The second-order valence-electron chi connectivity index (χ2n) is 1.29. The van der Waals surface area contributed by atoms with E-state index in [0.717, 1.165) is 18.9 Å². The second kappa shape index (κ2) is 12.0. The van der Waals surface area contributed by atoms with Gasteiger partial charge in [-0.2, -0.15) is 12.6 Å². The average molecular weight is 250 g/mol. The van der Waals surface area contributed by atoms with Crippen LogP contribution in [0.2, 0.25) is 0 Å². The van der Waals surface area contributed by atoms with Crippen LogP contribution in [-0.4, -0.2) is 29.9 Å². The van der Waals surface area contributed by atoms with Gasteiger partial charge in [0.15, 0.2) is 0 Å². The van der Waals surface area contributed by atoms with Crippen molar-refractivity contribution in [2.75, 3.05) is 18.8 Å². The van der Waals surface area contributed by atoms with Gasteiger partial charge in [-0.1, -0.05) is 0 Å². The molecule has 0 saturated carbocycles. The van der Waals surface area contributed by atoms with Gasteiger partial charge in [-0.15, -0.1) is 0 Å². The van der Waals surface area contributed by atoms with Crippen molar-refractivity contribution in [3.05, 3.63) is 0 Å². The molecule has 0 aliphatic heterocycles. The standard InChI is InChI=1S/C4H9NO2S.O.Tc/c6-4(7)3-5-1-2-8;;/h5,8H,1-3H2,(H,6,7);;/i;;1+1. The molecular weight excluding hydrogens is 241 g/mol. The van der Waals surface area contributed by atoms with E-state index >= 15 is 0 Å².